The van der Waals surface area contributed by atoms with E-state index < -0.39 is 22.8 Å². The Labute approximate surface area is 187 Å². The normalized spacial score (nSPS) is 23.0. The number of imidazole rings is 1. The van der Waals surface area contributed by atoms with Crippen LogP contribution in [0.3, 0.4) is 0 Å². The molecule has 0 spiro atoms. The molecule has 5 rings (SSSR count). The Morgan fingerprint density at radius 1 is 1.09 bits per heavy atom. The van der Waals surface area contributed by atoms with Crippen LogP contribution >= 0.6 is 11.8 Å². The molecular formula is C22H22N6O3S. The van der Waals surface area contributed by atoms with Crippen molar-refractivity contribution in [2.45, 2.75) is 29.4 Å². The Morgan fingerprint density at radius 2 is 1.91 bits per heavy atom. The molecule has 4 N–H and O–H groups in total. The van der Waals surface area contributed by atoms with E-state index >= 15 is 0 Å². The topological polar surface area (TPSA) is 125 Å². The fourth-order valence-corrected chi connectivity index (χ4v) is 5.51. The minimum absolute atomic E-state index is 0.333. The van der Waals surface area contributed by atoms with Crippen molar-refractivity contribution in [3.63, 3.8) is 0 Å². The number of thioether (sulfide) groups is 1. The van der Waals surface area contributed by atoms with Crippen molar-refractivity contribution in [1.29, 1.82) is 0 Å². The third-order valence-corrected chi connectivity index (χ3v) is 7.27. The van der Waals surface area contributed by atoms with Crippen LogP contribution in [0.15, 0.2) is 55.1 Å². The Balaban J connectivity index is 1.43. The van der Waals surface area contributed by atoms with Crippen LogP contribution in [0.2, 0.25) is 0 Å². The second-order valence-electron chi connectivity index (χ2n) is 7.58. The van der Waals surface area contributed by atoms with Gasteiger partial charge < -0.3 is 20.8 Å². The first kappa shape index (κ1) is 20.7. The molecule has 10 heteroatoms. The Kier molecular flexibility index (Phi) is 5.41. The lowest BCUT2D eigenvalue weighted by atomic mass is 10.0. The van der Waals surface area contributed by atoms with Gasteiger partial charge in [-0.2, -0.15) is 0 Å². The smallest absolute Gasteiger partial charge is 0.235 e. The van der Waals surface area contributed by atoms with Crippen LogP contribution in [0.25, 0.3) is 21.9 Å². The quantitative estimate of drug-likeness (QED) is 0.362. The third-order valence-electron chi connectivity index (χ3n) is 5.70. The van der Waals surface area contributed by atoms with Crippen molar-refractivity contribution in [2.75, 3.05) is 12.4 Å². The maximum absolute atomic E-state index is 12.1. The molecule has 1 aliphatic heterocycles. The number of aliphatic hydroxyl groups is 2. The number of carbonyl (C=O) groups excluding carboxylic acids is 1. The maximum Gasteiger partial charge on any atom is 0.235 e. The van der Waals surface area contributed by atoms with Gasteiger partial charge in [-0.05, 0) is 16.3 Å². The summed E-state index contributed by atoms with van der Waals surface area (Å²) in [7, 11) is 1.50. The van der Waals surface area contributed by atoms with Crippen LogP contribution in [0.1, 0.15) is 10.9 Å². The monoisotopic (exact) mass is 450 g/mol. The predicted octanol–water partition coefficient (Wildman–Crippen LogP) is 1.67. The number of carbonyl (C=O) groups is 1. The highest BCUT2D eigenvalue weighted by atomic mass is 32.2. The average Bonchev–Trinajstić information content (AvgIpc) is 3.38. The molecule has 0 bridgehead atoms. The molecule has 9 nitrogen and oxygen atoms in total. The molecule has 0 aliphatic carbocycles. The van der Waals surface area contributed by atoms with E-state index in [1.165, 1.54) is 30.5 Å². The highest BCUT2D eigenvalue weighted by molar-refractivity contribution is 8.01. The number of hydrogen-bond donors (Lipinski definition) is 4. The lowest BCUT2D eigenvalue weighted by Gasteiger charge is -2.17. The lowest BCUT2D eigenvalue weighted by molar-refractivity contribution is -0.122. The zero-order valence-electron chi connectivity index (χ0n) is 17.2. The molecule has 1 saturated heterocycles. The first-order valence-electron chi connectivity index (χ1n) is 10.2. The summed E-state index contributed by atoms with van der Waals surface area (Å²) in [5, 5.41) is 27.7. The van der Waals surface area contributed by atoms with Gasteiger partial charge in [-0.15, -0.1) is 11.8 Å². The number of amides is 1. The van der Waals surface area contributed by atoms with Gasteiger partial charge in [0.1, 0.15) is 34.7 Å². The molecule has 0 saturated carbocycles. The summed E-state index contributed by atoms with van der Waals surface area (Å²) in [6.07, 6.45) is 0.669. The number of rotatable bonds is 5. The number of nitrogens with zero attached hydrogens (tertiary/aromatic N) is 4. The summed E-state index contributed by atoms with van der Waals surface area (Å²) in [4.78, 5) is 25.2. The van der Waals surface area contributed by atoms with E-state index in [4.69, 9.17) is 0 Å². The molecule has 1 aliphatic rings. The number of aliphatic hydroxyl groups excluding tert-OH is 2. The van der Waals surface area contributed by atoms with Gasteiger partial charge in [0.25, 0.3) is 0 Å². The van der Waals surface area contributed by atoms with E-state index in [9.17, 15) is 15.0 Å². The van der Waals surface area contributed by atoms with E-state index in [0.29, 0.717) is 23.5 Å². The lowest BCUT2D eigenvalue weighted by Crippen LogP contribution is -2.39. The van der Waals surface area contributed by atoms with Gasteiger partial charge in [-0.1, -0.05) is 42.5 Å². The standard InChI is InChI=1S/C22H22N6O3S/c1-23-21(31)18-16(29)17(30)22(32-18)28-11-27-15-19(25-10-26-20(15)28)24-9-13-7-4-6-12-5-2-3-8-14(12)13/h2-8,10-11,16-18,22,29-30H,9H2,1H3,(H,23,31)(H,24,25,26)/t16?,17?,18-,22+/m0/s1. The second-order valence-corrected chi connectivity index (χ2v) is 8.84. The fourth-order valence-electron chi connectivity index (χ4n) is 4.04. The number of benzene rings is 2. The summed E-state index contributed by atoms with van der Waals surface area (Å²) in [5.74, 6) is 0.239. The SMILES string of the molecule is CNC(=O)[C@H]1S[C@@H](n2cnc3c(NCc4cccc5ccccc45)ncnc32)C(O)C1O. The van der Waals surface area contributed by atoms with Crippen molar-refractivity contribution in [1.82, 2.24) is 24.8 Å². The molecule has 32 heavy (non-hydrogen) atoms. The van der Waals surface area contributed by atoms with E-state index in [1.54, 1.807) is 10.9 Å². The molecule has 2 unspecified atom stereocenters. The molecular weight excluding hydrogens is 428 g/mol. The zero-order valence-corrected chi connectivity index (χ0v) is 18.0. The zero-order chi connectivity index (χ0) is 22.2. The van der Waals surface area contributed by atoms with Crippen LogP contribution in [-0.4, -0.2) is 60.1 Å². The van der Waals surface area contributed by atoms with Crippen LogP contribution < -0.4 is 10.6 Å². The Hall–Kier alpha value is -3.21. The average molecular weight is 451 g/mol. The molecule has 2 aromatic carbocycles. The molecule has 4 aromatic rings. The van der Waals surface area contributed by atoms with E-state index in [0.717, 1.165) is 10.9 Å². The van der Waals surface area contributed by atoms with Crippen LogP contribution in [0, 0.1) is 0 Å². The van der Waals surface area contributed by atoms with E-state index in [2.05, 4.69) is 49.9 Å². The number of nitrogens with one attached hydrogen (secondary N) is 2. The summed E-state index contributed by atoms with van der Waals surface area (Å²) in [6, 6.07) is 14.4. The van der Waals surface area contributed by atoms with Crippen molar-refractivity contribution >= 4 is 45.4 Å². The molecule has 2 aromatic heterocycles. The van der Waals surface area contributed by atoms with Crippen molar-refractivity contribution in [3.05, 3.63) is 60.7 Å². The van der Waals surface area contributed by atoms with Crippen LogP contribution in [0.4, 0.5) is 5.82 Å². The minimum atomic E-state index is -1.19. The van der Waals surface area contributed by atoms with Gasteiger partial charge in [0.2, 0.25) is 5.91 Å². The molecule has 3 heterocycles. The number of aromatic nitrogens is 4. The summed E-state index contributed by atoms with van der Waals surface area (Å²) >= 11 is 1.18. The van der Waals surface area contributed by atoms with Crippen LogP contribution in [-0.2, 0) is 11.3 Å². The van der Waals surface area contributed by atoms with Gasteiger partial charge in [0.05, 0.1) is 6.33 Å². The molecule has 1 amide bonds. The van der Waals surface area contributed by atoms with Gasteiger partial charge in [-0.3, -0.25) is 9.36 Å². The van der Waals surface area contributed by atoms with Gasteiger partial charge in [0, 0.05) is 13.6 Å². The van der Waals surface area contributed by atoms with Gasteiger partial charge in [-0.25, -0.2) is 15.0 Å². The fraction of sp³-hybridized carbons (Fsp3) is 0.273. The summed E-state index contributed by atoms with van der Waals surface area (Å²) in [5.41, 5.74) is 2.20. The van der Waals surface area contributed by atoms with Crippen molar-refractivity contribution in [3.8, 4) is 0 Å². The van der Waals surface area contributed by atoms with E-state index in [-0.39, 0.29) is 5.91 Å². The van der Waals surface area contributed by atoms with E-state index in [1.807, 2.05) is 18.2 Å². The molecule has 1 fully saturated rings. The largest absolute Gasteiger partial charge is 0.389 e. The number of fused-ring (bicyclic) bond motifs is 2. The Bertz CT molecular complexity index is 1290. The van der Waals surface area contributed by atoms with Gasteiger partial charge in [0.15, 0.2) is 11.5 Å². The molecule has 0 radical (unpaired) electrons. The van der Waals surface area contributed by atoms with Gasteiger partial charge >= 0.3 is 0 Å². The maximum atomic E-state index is 12.1. The highest BCUT2D eigenvalue weighted by Crippen LogP contribution is 2.43. The minimum Gasteiger partial charge on any atom is -0.389 e. The highest BCUT2D eigenvalue weighted by Gasteiger charge is 2.47. The summed E-state index contributed by atoms with van der Waals surface area (Å²) in [6.45, 7) is 0.554. The Morgan fingerprint density at radius 3 is 2.75 bits per heavy atom. The molecule has 164 valence electrons. The number of hydrogen-bond acceptors (Lipinski definition) is 8. The first-order chi connectivity index (χ1) is 15.6. The number of anilines is 1. The van der Waals surface area contributed by atoms with Crippen molar-refractivity contribution in [2.24, 2.45) is 0 Å². The molecule has 4 atom stereocenters. The first-order valence-corrected chi connectivity index (χ1v) is 11.1. The predicted molar refractivity (Wildman–Crippen MR) is 123 cm³/mol. The summed E-state index contributed by atoms with van der Waals surface area (Å²) < 4.78 is 1.68. The third kappa shape index (κ3) is 3.46. The van der Waals surface area contributed by atoms with Crippen molar-refractivity contribution < 1.29 is 15.0 Å². The second kappa shape index (κ2) is 8.38. The van der Waals surface area contributed by atoms with Crippen LogP contribution in [0.5, 0.6) is 0 Å².